The molecule has 0 aliphatic heterocycles. The van der Waals surface area contributed by atoms with Crippen molar-refractivity contribution in [2.24, 2.45) is 0 Å². The van der Waals surface area contributed by atoms with Crippen LogP contribution in [0.2, 0.25) is 0 Å². The van der Waals surface area contributed by atoms with Gasteiger partial charge in [0.2, 0.25) is 0 Å². The van der Waals surface area contributed by atoms with Crippen LogP contribution >= 0.6 is 0 Å². The summed E-state index contributed by atoms with van der Waals surface area (Å²) in [5.41, 5.74) is 7.54. The number of hydrogen-bond acceptors (Lipinski definition) is 5. The van der Waals surface area contributed by atoms with Gasteiger partial charge in [0.25, 0.3) is 0 Å². The Kier molecular flexibility index (Phi) is 7.09. The van der Waals surface area contributed by atoms with Crippen molar-refractivity contribution in [1.29, 1.82) is 0 Å². The minimum Gasteiger partial charge on any atom is -0.228 e. The lowest BCUT2D eigenvalue weighted by Gasteiger charge is -2.14. The molecule has 0 saturated carbocycles. The molecule has 5 heteroatoms. The monoisotopic (exact) mass is 589 g/mol. The van der Waals surface area contributed by atoms with Crippen molar-refractivity contribution in [3.05, 3.63) is 164 Å². The fourth-order valence-corrected chi connectivity index (χ4v) is 5.70. The van der Waals surface area contributed by atoms with Gasteiger partial charge in [0.15, 0.2) is 23.3 Å². The first-order valence-corrected chi connectivity index (χ1v) is 15.2. The van der Waals surface area contributed by atoms with Gasteiger partial charge in [0.05, 0.1) is 11.4 Å². The summed E-state index contributed by atoms with van der Waals surface area (Å²) in [5, 5.41) is 2.09. The van der Waals surface area contributed by atoms with Crippen molar-refractivity contribution in [2.75, 3.05) is 0 Å². The fraction of sp³-hybridized carbons (Fsp3) is 0. The van der Waals surface area contributed by atoms with E-state index in [4.69, 9.17) is 24.9 Å². The average Bonchev–Trinajstić information content (AvgIpc) is 3.15. The minimum absolute atomic E-state index is 0.619. The highest BCUT2D eigenvalue weighted by Crippen LogP contribution is 2.37. The predicted molar refractivity (Wildman–Crippen MR) is 186 cm³/mol. The lowest BCUT2D eigenvalue weighted by molar-refractivity contribution is 1.08. The molecule has 2 aromatic heterocycles. The van der Waals surface area contributed by atoms with Crippen LogP contribution in [0.5, 0.6) is 0 Å². The molecule has 5 nitrogen and oxygen atoms in total. The highest BCUT2D eigenvalue weighted by molar-refractivity contribution is 6.04. The molecule has 6 aromatic carbocycles. The van der Waals surface area contributed by atoms with Crippen LogP contribution < -0.4 is 0 Å². The molecule has 0 saturated heterocycles. The lowest BCUT2D eigenvalue weighted by Crippen LogP contribution is -2.01. The maximum absolute atomic E-state index is 5.11. The van der Waals surface area contributed by atoms with Gasteiger partial charge in [-0.15, -0.1) is 0 Å². The molecule has 46 heavy (non-hydrogen) atoms. The van der Waals surface area contributed by atoms with Gasteiger partial charge < -0.3 is 0 Å². The Morgan fingerprint density at radius 3 is 1.15 bits per heavy atom. The van der Waals surface area contributed by atoms with Crippen molar-refractivity contribution in [2.45, 2.75) is 0 Å². The molecule has 216 valence electrons. The number of aromatic nitrogens is 5. The zero-order chi connectivity index (χ0) is 30.7. The van der Waals surface area contributed by atoms with E-state index in [1.54, 1.807) is 0 Å². The van der Waals surface area contributed by atoms with E-state index in [9.17, 15) is 0 Å². The lowest BCUT2D eigenvalue weighted by atomic mass is 9.96. The Morgan fingerprint density at radius 1 is 0.261 bits per heavy atom. The summed E-state index contributed by atoms with van der Waals surface area (Å²) in [7, 11) is 0. The second kappa shape index (κ2) is 12.0. The third-order valence-electron chi connectivity index (χ3n) is 7.97. The zero-order valence-corrected chi connectivity index (χ0v) is 24.8. The Morgan fingerprint density at radius 2 is 0.630 bits per heavy atom. The van der Waals surface area contributed by atoms with Gasteiger partial charge in [0, 0.05) is 33.4 Å². The molecule has 0 N–H and O–H groups in total. The van der Waals surface area contributed by atoms with Crippen molar-refractivity contribution >= 4 is 10.8 Å². The van der Waals surface area contributed by atoms with E-state index in [0.717, 1.165) is 55.5 Å². The predicted octanol–water partition coefficient (Wildman–Crippen LogP) is 9.82. The van der Waals surface area contributed by atoms with Gasteiger partial charge in [-0.05, 0) is 22.9 Å². The van der Waals surface area contributed by atoms with Gasteiger partial charge in [-0.1, -0.05) is 152 Å². The van der Waals surface area contributed by atoms with Crippen LogP contribution in [0.3, 0.4) is 0 Å². The molecular formula is C41H27N5. The van der Waals surface area contributed by atoms with E-state index in [1.807, 2.05) is 109 Å². The van der Waals surface area contributed by atoms with E-state index in [-0.39, 0.29) is 0 Å². The topological polar surface area (TPSA) is 64.5 Å². The van der Waals surface area contributed by atoms with Crippen LogP contribution in [0.25, 0.3) is 78.8 Å². The van der Waals surface area contributed by atoms with Gasteiger partial charge in [-0.25, -0.2) is 24.9 Å². The average molecular weight is 590 g/mol. The number of nitrogens with zero attached hydrogens (tertiary/aromatic N) is 5. The summed E-state index contributed by atoms with van der Waals surface area (Å²) in [6.45, 7) is 0. The minimum atomic E-state index is 0.619. The number of hydrogen-bond donors (Lipinski definition) is 0. The highest BCUT2D eigenvalue weighted by Gasteiger charge is 2.18. The zero-order valence-electron chi connectivity index (χ0n) is 24.8. The van der Waals surface area contributed by atoms with Crippen LogP contribution in [0, 0.1) is 0 Å². The van der Waals surface area contributed by atoms with Gasteiger partial charge >= 0.3 is 0 Å². The molecule has 0 radical (unpaired) electrons. The molecule has 0 fully saturated rings. The molecule has 2 heterocycles. The van der Waals surface area contributed by atoms with Crippen LogP contribution in [0.4, 0.5) is 0 Å². The third-order valence-corrected chi connectivity index (χ3v) is 7.97. The van der Waals surface area contributed by atoms with E-state index in [0.29, 0.717) is 23.3 Å². The quantitative estimate of drug-likeness (QED) is 0.193. The Labute approximate surface area is 267 Å². The summed E-state index contributed by atoms with van der Waals surface area (Å²) in [6.07, 6.45) is 0. The Hall–Kier alpha value is -6.33. The van der Waals surface area contributed by atoms with Crippen molar-refractivity contribution in [1.82, 2.24) is 24.9 Å². The maximum atomic E-state index is 5.11. The molecule has 0 aliphatic carbocycles. The summed E-state index contributed by atoms with van der Waals surface area (Å²) < 4.78 is 0. The standard InChI is InChI=1S/C41H27N5/c1-5-15-28(16-6-1)36-27-37(43-38(42-36)29-17-7-2-8-18-29)34-25-26-35(33-24-14-13-23-32(33)34)41-45-39(30-19-9-3-10-20-30)44-40(46-41)31-21-11-4-12-22-31/h1-27H. The van der Waals surface area contributed by atoms with Crippen molar-refractivity contribution in [3.63, 3.8) is 0 Å². The smallest absolute Gasteiger partial charge is 0.164 e. The molecule has 0 spiro atoms. The molecular weight excluding hydrogens is 562 g/mol. The number of benzene rings is 6. The van der Waals surface area contributed by atoms with E-state index < -0.39 is 0 Å². The second-order valence-electron chi connectivity index (χ2n) is 10.9. The summed E-state index contributed by atoms with van der Waals surface area (Å²) in [6, 6.07) is 55.1. The summed E-state index contributed by atoms with van der Waals surface area (Å²) in [5.74, 6) is 2.57. The number of fused-ring (bicyclic) bond motifs is 1. The first kappa shape index (κ1) is 27.2. The SMILES string of the molecule is c1ccc(-c2cc(-c3ccc(-c4nc(-c5ccccc5)nc(-c5ccccc5)n4)c4ccccc34)nc(-c3ccccc3)n2)cc1. The van der Waals surface area contributed by atoms with Crippen LogP contribution in [0.1, 0.15) is 0 Å². The summed E-state index contributed by atoms with van der Waals surface area (Å²) in [4.78, 5) is 25.0. The van der Waals surface area contributed by atoms with Crippen LogP contribution in [0.15, 0.2) is 164 Å². The fourth-order valence-electron chi connectivity index (χ4n) is 5.70. The van der Waals surface area contributed by atoms with Gasteiger partial charge in [-0.3, -0.25) is 0 Å². The van der Waals surface area contributed by atoms with E-state index in [1.165, 1.54) is 0 Å². The van der Waals surface area contributed by atoms with Gasteiger partial charge in [0.1, 0.15) is 0 Å². The first-order chi connectivity index (χ1) is 22.8. The molecule has 0 amide bonds. The van der Waals surface area contributed by atoms with Gasteiger partial charge in [-0.2, -0.15) is 0 Å². The Bertz CT molecular complexity index is 2010. The summed E-state index contributed by atoms with van der Waals surface area (Å²) >= 11 is 0. The molecule has 0 atom stereocenters. The molecule has 0 aliphatic rings. The van der Waals surface area contributed by atoms with Crippen LogP contribution in [-0.2, 0) is 0 Å². The highest BCUT2D eigenvalue weighted by atomic mass is 15.0. The largest absolute Gasteiger partial charge is 0.228 e. The normalized spacial score (nSPS) is 11.0. The first-order valence-electron chi connectivity index (χ1n) is 15.2. The van der Waals surface area contributed by atoms with Crippen LogP contribution in [-0.4, -0.2) is 24.9 Å². The molecule has 0 unspecified atom stereocenters. The van der Waals surface area contributed by atoms with E-state index in [2.05, 4.69) is 54.6 Å². The second-order valence-corrected chi connectivity index (χ2v) is 10.9. The Balaban J connectivity index is 1.33. The van der Waals surface area contributed by atoms with E-state index >= 15 is 0 Å². The molecule has 8 rings (SSSR count). The molecule has 8 aromatic rings. The maximum Gasteiger partial charge on any atom is 0.164 e. The molecule has 0 bridgehead atoms. The van der Waals surface area contributed by atoms with Crippen molar-refractivity contribution in [3.8, 4) is 68.1 Å². The number of rotatable bonds is 6. The van der Waals surface area contributed by atoms with Crippen molar-refractivity contribution < 1.29 is 0 Å². The third kappa shape index (κ3) is 5.31.